The zero-order chi connectivity index (χ0) is 22.2. The molecule has 0 bridgehead atoms. The number of aromatic amines is 1. The van der Waals surface area contributed by atoms with E-state index in [2.05, 4.69) is 25.9 Å². The Bertz CT molecular complexity index is 1170. The third-order valence-corrected chi connectivity index (χ3v) is 5.83. The van der Waals surface area contributed by atoms with E-state index in [1.54, 1.807) is 6.07 Å². The number of nitrogens with zero attached hydrogens (tertiary/aromatic N) is 1. The Morgan fingerprint density at radius 3 is 2.87 bits per heavy atom. The summed E-state index contributed by atoms with van der Waals surface area (Å²) >= 11 is 1.13. The average molecular weight is 446 g/mol. The number of pyridine rings is 1. The molecular weight excluding hydrogens is 421 g/mol. The van der Waals surface area contributed by atoms with Gasteiger partial charge in [0.15, 0.2) is 0 Å². The topological polar surface area (TPSA) is 119 Å². The number of fused-ring (bicyclic) bond motifs is 1. The molecule has 2 heterocycles. The Balaban J connectivity index is 1.53. The highest BCUT2D eigenvalue weighted by molar-refractivity contribution is 7.16. The number of hydrogen-bond donors (Lipinski definition) is 5. The second-order valence-corrected chi connectivity index (χ2v) is 9.23. The summed E-state index contributed by atoms with van der Waals surface area (Å²) in [5.74, 6) is 0.0643. The van der Waals surface area contributed by atoms with Gasteiger partial charge < -0.3 is 26.0 Å². The van der Waals surface area contributed by atoms with Gasteiger partial charge in [-0.1, -0.05) is 11.3 Å². The van der Waals surface area contributed by atoms with Crippen LogP contribution in [0.25, 0.3) is 10.2 Å². The number of thiazole rings is 1. The molecule has 0 aliphatic heterocycles. The molecule has 0 saturated heterocycles. The number of benzene rings is 1. The SMILES string of the molecule is CC(C)(O)[C@H](F)CNC(=O)c1cnc(Nc2ccc3[nH]c(=O)sc3c2)cc1NC1CC1. The van der Waals surface area contributed by atoms with E-state index in [1.165, 1.54) is 20.0 Å². The molecule has 0 spiro atoms. The Morgan fingerprint density at radius 2 is 2.16 bits per heavy atom. The van der Waals surface area contributed by atoms with E-state index in [1.807, 2.05) is 18.2 Å². The molecular formula is C21H24FN5O3S. The first kappa shape index (κ1) is 21.3. The molecule has 0 unspecified atom stereocenters. The van der Waals surface area contributed by atoms with Crippen LogP contribution in [0.5, 0.6) is 0 Å². The molecule has 1 saturated carbocycles. The van der Waals surface area contributed by atoms with Crippen molar-refractivity contribution in [3.05, 3.63) is 45.7 Å². The molecule has 5 N–H and O–H groups in total. The van der Waals surface area contributed by atoms with Crippen molar-refractivity contribution in [1.82, 2.24) is 15.3 Å². The highest BCUT2D eigenvalue weighted by atomic mass is 32.1. The molecule has 1 amide bonds. The summed E-state index contributed by atoms with van der Waals surface area (Å²) in [7, 11) is 0. The van der Waals surface area contributed by atoms with Gasteiger partial charge in [0.25, 0.3) is 5.91 Å². The Labute approximate surface area is 181 Å². The van der Waals surface area contributed by atoms with Crippen molar-refractivity contribution in [2.75, 3.05) is 17.2 Å². The molecule has 1 aromatic carbocycles. The van der Waals surface area contributed by atoms with Crippen molar-refractivity contribution in [2.24, 2.45) is 0 Å². The number of halogens is 1. The molecule has 31 heavy (non-hydrogen) atoms. The monoisotopic (exact) mass is 445 g/mol. The van der Waals surface area contributed by atoms with Crippen LogP contribution >= 0.6 is 11.3 Å². The molecule has 1 fully saturated rings. The Kier molecular flexibility index (Phi) is 5.67. The van der Waals surface area contributed by atoms with E-state index in [0.717, 1.165) is 40.1 Å². The third kappa shape index (κ3) is 5.20. The van der Waals surface area contributed by atoms with Crippen LogP contribution in [0.3, 0.4) is 0 Å². The fourth-order valence-electron chi connectivity index (χ4n) is 2.97. The predicted octanol–water partition coefficient (Wildman–Crippen LogP) is 3.14. The number of carbonyl (C=O) groups is 1. The standard InChI is InChI=1S/C21H24FN5O3S/c1-21(2,30)17(22)10-24-19(28)13-9-23-18(8-15(13)25-11-3-4-11)26-12-5-6-14-16(7-12)31-20(29)27-14/h5-9,11,17,30H,3-4,10H2,1-2H3,(H,24,28)(H,27,29)(H2,23,25,26)/t17-/m1/s1. The highest BCUT2D eigenvalue weighted by Crippen LogP contribution is 2.29. The quantitative estimate of drug-likeness (QED) is 0.363. The van der Waals surface area contributed by atoms with Gasteiger partial charge in [-0.25, -0.2) is 9.37 Å². The molecule has 1 atom stereocenters. The highest BCUT2D eigenvalue weighted by Gasteiger charge is 2.28. The zero-order valence-electron chi connectivity index (χ0n) is 17.2. The van der Waals surface area contributed by atoms with Crippen LogP contribution in [0.1, 0.15) is 37.0 Å². The summed E-state index contributed by atoms with van der Waals surface area (Å²) < 4.78 is 14.8. The summed E-state index contributed by atoms with van der Waals surface area (Å²) in [6, 6.07) is 7.53. The molecule has 2 aromatic heterocycles. The number of amides is 1. The number of aliphatic hydroxyl groups is 1. The number of H-pyrrole nitrogens is 1. The molecule has 0 radical (unpaired) electrons. The van der Waals surface area contributed by atoms with Crippen LogP contribution in [-0.4, -0.2) is 45.3 Å². The van der Waals surface area contributed by atoms with Crippen molar-refractivity contribution < 1.29 is 14.3 Å². The Morgan fingerprint density at radius 1 is 1.39 bits per heavy atom. The molecule has 164 valence electrons. The lowest BCUT2D eigenvalue weighted by atomic mass is 10.0. The van der Waals surface area contributed by atoms with Gasteiger partial charge in [0.05, 0.1) is 33.6 Å². The number of alkyl halides is 1. The van der Waals surface area contributed by atoms with Gasteiger partial charge in [0.1, 0.15) is 12.0 Å². The van der Waals surface area contributed by atoms with E-state index in [9.17, 15) is 19.1 Å². The van der Waals surface area contributed by atoms with Gasteiger partial charge in [0.2, 0.25) is 0 Å². The number of nitrogens with one attached hydrogen (secondary N) is 4. The maximum atomic E-state index is 14.0. The molecule has 10 heteroatoms. The van der Waals surface area contributed by atoms with Gasteiger partial charge >= 0.3 is 4.87 Å². The normalized spacial score (nSPS) is 15.0. The van der Waals surface area contributed by atoms with E-state index in [-0.39, 0.29) is 11.4 Å². The van der Waals surface area contributed by atoms with Crippen LogP contribution in [0, 0.1) is 0 Å². The molecule has 4 rings (SSSR count). The van der Waals surface area contributed by atoms with Crippen molar-refractivity contribution >= 4 is 44.7 Å². The van der Waals surface area contributed by atoms with E-state index < -0.39 is 17.7 Å². The molecule has 1 aliphatic carbocycles. The first-order chi connectivity index (χ1) is 14.7. The number of anilines is 3. The fourth-order valence-corrected chi connectivity index (χ4v) is 3.75. The third-order valence-electron chi connectivity index (χ3n) is 4.99. The number of aromatic nitrogens is 2. The van der Waals surface area contributed by atoms with Crippen molar-refractivity contribution in [3.63, 3.8) is 0 Å². The lowest BCUT2D eigenvalue weighted by molar-refractivity contribution is -0.00177. The van der Waals surface area contributed by atoms with E-state index >= 15 is 0 Å². The van der Waals surface area contributed by atoms with Gasteiger partial charge in [-0.2, -0.15) is 0 Å². The van der Waals surface area contributed by atoms with E-state index in [4.69, 9.17) is 0 Å². The van der Waals surface area contributed by atoms with Crippen LogP contribution in [0.2, 0.25) is 0 Å². The molecule has 8 nitrogen and oxygen atoms in total. The van der Waals surface area contributed by atoms with Crippen LogP contribution in [-0.2, 0) is 0 Å². The lowest BCUT2D eigenvalue weighted by Gasteiger charge is -2.22. The fraction of sp³-hybridized carbons (Fsp3) is 0.381. The number of carbonyl (C=O) groups excluding carboxylic acids is 1. The van der Waals surface area contributed by atoms with Crippen molar-refractivity contribution in [2.45, 2.75) is 44.5 Å². The van der Waals surface area contributed by atoms with E-state index in [0.29, 0.717) is 23.1 Å². The Hall–Kier alpha value is -2.98. The summed E-state index contributed by atoms with van der Waals surface area (Å²) in [5, 5.41) is 18.7. The van der Waals surface area contributed by atoms with Gasteiger partial charge in [0, 0.05) is 24.0 Å². The zero-order valence-corrected chi connectivity index (χ0v) is 18.0. The summed E-state index contributed by atoms with van der Waals surface area (Å²) in [6.45, 7) is 2.41. The second kappa shape index (κ2) is 8.27. The van der Waals surface area contributed by atoms with Crippen LogP contribution in [0.15, 0.2) is 35.3 Å². The smallest absolute Gasteiger partial charge is 0.305 e. The summed E-state index contributed by atoms with van der Waals surface area (Å²) in [6.07, 6.45) is 1.87. The van der Waals surface area contributed by atoms with Gasteiger partial charge in [-0.3, -0.25) is 9.59 Å². The first-order valence-corrected chi connectivity index (χ1v) is 10.8. The average Bonchev–Trinajstić information content (AvgIpc) is 3.43. The summed E-state index contributed by atoms with van der Waals surface area (Å²) in [4.78, 5) is 31.1. The van der Waals surface area contributed by atoms with Gasteiger partial charge in [-0.15, -0.1) is 0 Å². The largest absolute Gasteiger partial charge is 0.387 e. The predicted molar refractivity (Wildman–Crippen MR) is 120 cm³/mol. The van der Waals surface area contributed by atoms with Crippen LogP contribution in [0.4, 0.5) is 21.6 Å². The second-order valence-electron chi connectivity index (χ2n) is 8.22. The van der Waals surface area contributed by atoms with Crippen molar-refractivity contribution in [3.8, 4) is 0 Å². The minimum absolute atomic E-state index is 0.114. The van der Waals surface area contributed by atoms with Crippen molar-refractivity contribution in [1.29, 1.82) is 0 Å². The van der Waals surface area contributed by atoms with Gasteiger partial charge in [-0.05, 0) is 44.9 Å². The molecule has 3 aromatic rings. The molecule has 1 aliphatic rings. The first-order valence-electron chi connectivity index (χ1n) is 10.00. The minimum atomic E-state index is -1.59. The minimum Gasteiger partial charge on any atom is -0.387 e. The van der Waals surface area contributed by atoms with Crippen LogP contribution < -0.4 is 20.8 Å². The number of rotatable bonds is 8. The number of hydrogen-bond acceptors (Lipinski definition) is 7. The summed E-state index contributed by atoms with van der Waals surface area (Å²) in [5.41, 5.74) is 0.898. The maximum Gasteiger partial charge on any atom is 0.305 e. The maximum absolute atomic E-state index is 14.0. The lowest BCUT2D eigenvalue weighted by Crippen LogP contribution is -2.42.